The average molecular weight is 435 g/mol. The van der Waals surface area contributed by atoms with Gasteiger partial charge in [-0.3, -0.25) is 9.69 Å². The minimum Gasteiger partial charge on any atom is -0.376 e. The van der Waals surface area contributed by atoms with Crippen LogP contribution in [0.4, 0.5) is 5.13 Å². The lowest BCUT2D eigenvalue weighted by Crippen LogP contribution is -2.38. The molecule has 4 nitrogen and oxygen atoms in total. The number of carbonyl (C=O) groups is 1. The quantitative estimate of drug-likeness (QED) is 0.519. The molecule has 1 aliphatic heterocycles. The van der Waals surface area contributed by atoms with Crippen LogP contribution < -0.4 is 4.90 Å². The van der Waals surface area contributed by atoms with E-state index in [1.807, 2.05) is 37.3 Å². The lowest BCUT2D eigenvalue weighted by atomic mass is 10.1. The van der Waals surface area contributed by atoms with Crippen molar-refractivity contribution < 1.29 is 9.53 Å². The number of aromatic nitrogens is 1. The number of aryl methyl sites for hydroxylation is 1. The predicted octanol–water partition coefficient (Wildman–Crippen LogP) is 5.67. The molecule has 1 unspecified atom stereocenters. The Morgan fingerprint density at radius 1 is 1.25 bits per heavy atom. The van der Waals surface area contributed by atoms with E-state index in [-0.39, 0.29) is 18.4 Å². The van der Waals surface area contributed by atoms with Gasteiger partial charge in [-0.05, 0) is 43.0 Å². The maximum Gasteiger partial charge on any atom is 0.233 e. The van der Waals surface area contributed by atoms with Crippen LogP contribution in [0.25, 0.3) is 10.2 Å². The Bertz CT molecular complexity index is 976. The molecule has 0 N–H and O–H groups in total. The molecule has 28 heavy (non-hydrogen) atoms. The van der Waals surface area contributed by atoms with E-state index in [0.717, 1.165) is 40.8 Å². The zero-order chi connectivity index (χ0) is 19.7. The Balaban J connectivity index is 1.69. The van der Waals surface area contributed by atoms with Crippen molar-refractivity contribution in [2.75, 3.05) is 18.1 Å². The van der Waals surface area contributed by atoms with E-state index in [4.69, 9.17) is 32.9 Å². The van der Waals surface area contributed by atoms with Gasteiger partial charge < -0.3 is 4.74 Å². The maximum atomic E-state index is 13.2. The molecule has 0 spiro atoms. The second-order valence-corrected chi connectivity index (χ2v) is 8.74. The number of rotatable bonds is 5. The Kier molecular flexibility index (Phi) is 5.88. The highest BCUT2D eigenvalue weighted by molar-refractivity contribution is 7.23. The van der Waals surface area contributed by atoms with E-state index in [2.05, 4.69) is 0 Å². The third kappa shape index (κ3) is 4.03. The third-order valence-electron chi connectivity index (χ3n) is 4.93. The van der Waals surface area contributed by atoms with E-state index in [1.54, 1.807) is 11.0 Å². The summed E-state index contributed by atoms with van der Waals surface area (Å²) in [5, 5.41) is 1.90. The van der Waals surface area contributed by atoms with E-state index in [9.17, 15) is 4.79 Å². The first kappa shape index (κ1) is 19.6. The molecule has 1 saturated heterocycles. The Morgan fingerprint density at radius 3 is 2.79 bits per heavy atom. The zero-order valence-corrected chi connectivity index (χ0v) is 17.8. The Morgan fingerprint density at radius 2 is 2.07 bits per heavy atom. The fraction of sp³-hybridized carbons (Fsp3) is 0.333. The highest BCUT2D eigenvalue weighted by atomic mass is 35.5. The van der Waals surface area contributed by atoms with E-state index in [0.29, 0.717) is 21.7 Å². The van der Waals surface area contributed by atoms with Gasteiger partial charge in [-0.2, -0.15) is 0 Å². The number of anilines is 1. The highest BCUT2D eigenvalue weighted by Crippen LogP contribution is 2.36. The average Bonchev–Trinajstić information content (AvgIpc) is 3.35. The van der Waals surface area contributed by atoms with Gasteiger partial charge in [0.1, 0.15) is 0 Å². The fourth-order valence-electron chi connectivity index (χ4n) is 3.38. The first-order chi connectivity index (χ1) is 13.5. The summed E-state index contributed by atoms with van der Waals surface area (Å²) in [6.07, 6.45) is 2.20. The Hall–Kier alpha value is -1.66. The van der Waals surface area contributed by atoms with Crippen LogP contribution >= 0.6 is 34.5 Å². The molecule has 4 rings (SSSR count). The summed E-state index contributed by atoms with van der Waals surface area (Å²) < 4.78 is 6.68. The van der Waals surface area contributed by atoms with Crippen molar-refractivity contribution in [2.24, 2.45) is 0 Å². The predicted molar refractivity (Wildman–Crippen MR) is 116 cm³/mol. The summed E-state index contributed by atoms with van der Waals surface area (Å²) in [6.45, 7) is 3.22. The van der Waals surface area contributed by atoms with Crippen LogP contribution in [0.3, 0.4) is 0 Å². The van der Waals surface area contributed by atoms with Crippen molar-refractivity contribution in [1.29, 1.82) is 0 Å². The maximum absolute atomic E-state index is 13.2. The van der Waals surface area contributed by atoms with Crippen LogP contribution in [0, 0.1) is 6.92 Å². The molecule has 1 fully saturated rings. The van der Waals surface area contributed by atoms with E-state index < -0.39 is 0 Å². The smallest absolute Gasteiger partial charge is 0.233 e. The number of fused-ring (bicyclic) bond motifs is 1. The molecule has 146 valence electrons. The van der Waals surface area contributed by atoms with Crippen molar-refractivity contribution in [3.05, 3.63) is 57.6 Å². The molecular formula is C21H20Cl2N2O2S. The Labute approximate surface area is 178 Å². The number of nitrogens with zero attached hydrogens (tertiary/aromatic N) is 2. The van der Waals surface area contributed by atoms with Crippen LogP contribution in [0.1, 0.15) is 24.0 Å². The normalized spacial score (nSPS) is 16.6. The first-order valence-corrected chi connectivity index (χ1v) is 10.8. The molecule has 1 aromatic heterocycles. The fourth-order valence-corrected chi connectivity index (χ4v) is 4.93. The van der Waals surface area contributed by atoms with Gasteiger partial charge in [0.15, 0.2) is 5.13 Å². The van der Waals surface area contributed by atoms with E-state index in [1.165, 1.54) is 11.3 Å². The van der Waals surface area contributed by atoms with Crippen LogP contribution in [-0.2, 0) is 16.0 Å². The van der Waals surface area contributed by atoms with Gasteiger partial charge in [0, 0.05) is 11.6 Å². The number of halogens is 2. The molecule has 0 saturated carbocycles. The molecule has 1 atom stereocenters. The topological polar surface area (TPSA) is 42.4 Å². The van der Waals surface area contributed by atoms with Crippen molar-refractivity contribution in [3.63, 3.8) is 0 Å². The van der Waals surface area contributed by atoms with Crippen LogP contribution in [-0.4, -0.2) is 30.1 Å². The van der Waals surface area contributed by atoms with Crippen molar-refractivity contribution in [2.45, 2.75) is 32.3 Å². The number of hydrogen-bond acceptors (Lipinski definition) is 4. The highest BCUT2D eigenvalue weighted by Gasteiger charge is 2.27. The third-order valence-corrected chi connectivity index (χ3v) is 6.84. The van der Waals surface area contributed by atoms with Gasteiger partial charge in [-0.15, -0.1) is 0 Å². The second-order valence-electron chi connectivity index (χ2n) is 6.95. The molecule has 2 aromatic carbocycles. The number of carbonyl (C=O) groups excluding carboxylic acids is 1. The van der Waals surface area contributed by atoms with Crippen molar-refractivity contribution in [1.82, 2.24) is 4.98 Å². The minimum absolute atomic E-state index is 0.0266. The monoisotopic (exact) mass is 434 g/mol. The molecule has 2 heterocycles. The van der Waals surface area contributed by atoms with Crippen molar-refractivity contribution >= 4 is 55.8 Å². The van der Waals surface area contributed by atoms with Crippen LogP contribution in [0.5, 0.6) is 0 Å². The number of amides is 1. The second kappa shape index (κ2) is 8.37. The van der Waals surface area contributed by atoms with Crippen LogP contribution in [0.15, 0.2) is 36.4 Å². The minimum atomic E-state index is -0.0450. The molecule has 0 bridgehead atoms. The summed E-state index contributed by atoms with van der Waals surface area (Å²) in [5.41, 5.74) is 2.69. The zero-order valence-electron chi connectivity index (χ0n) is 15.5. The number of thiazole rings is 1. The summed E-state index contributed by atoms with van der Waals surface area (Å²) in [5.74, 6) is -0.0450. The number of hydrogen-bond donors (Lipinski definition) is 0. The van der Waals surface area contributed by atoms with Gasteiger partial charge >= 0.3 is 0 Å². The van der Waals surface area contributed by atoms with Crippen LogP contribution in [0.2, 0.25) is 10.0 Å². The number of ether oxygens (including phenoxy) is 1. The van der Waals surface area contributed by atoms with Gasteiger partial charge in [-0.25, -0.2) is 4.98 Å². The first-order valence-electron chi connectivity index (χ1n) is 9.24. The standard InChI is InChI=1S/C21H20Cl2N2O2S/c1-13-8-9-17(23)20-19(13)24-21(28-20)25(12-15-6-4-10-27-15)18(26)11-14-5-2-3-7-16(14)22/h2-3,5,7-9,15H,4,6,10-12H2,1H3. The molecule has 1 aliphatic rings. The van der Waals surface area contributed by atoms with Gasteiger partial charge in [0.2, 0.25) is 5.91 Å². The molecular weight excluding hydrogens is 415 g/mol. The van der Waals surface area contributed by atoms with E-state index >= 15 is 0 Å². The summed E-state index contributed by atoms with van der Waals surface area (Å²) >= 11 is 14.1. The van der Waals surface area contributed by atoms with Gasteiger partial charge in [0.25, 0.3) is 0 Å². The molecule has 1 amide bonds. The summed E-state index contributed by atoms with van der Waals surface area (Å²) in [4.78, 5) is 19.7. The lowest BCUT2D eigenvalue weighted by Gasteiger charge is -2.23. The van der Waals surface area contributed by atoms with Crippen molar-refractivity contribution in [3.8, 4) is 0 Å². The van der Waals surface area contributed by atoms with Gasteiger partial charge in [0.05, 0.1) is 34.3 Å². The molecule has 0 radical (unpaired) electrons. The molecule has 3 aromatic rings. The lowest BCUT2D eigenvalue weighted by molar-refractivity contribution is -0.118. The summed E-state index contributed by atoms with van der Waals surface area (Å²) in [7, 11) is 0. The SMILES string of the molecule is Cc1ccc(Cl)c2sc(N(CC3CCCO3)C(=O)Cc3ccccc3Cl)nc12. The van der Waals surface area contributed by atoms with Gasteiger partial charge in [-0.1, -0.05) is 58.8 Å². The largest absolute Gasteiger partial charge is 0.376 e. The molecule has 7 heteroatoms. The molecule has 0 aliphatic carbocycles. The number of benzene rings is 2. The summed E-state index contributed by atoms with van der Waals surface area (Å²) in [6, 6.07) is 11.2.